The molecule has 5 heteroatoms. The second kappa shape index (κ2) is 7.52. The van der Waals surface area contributed by atoms with Gasteiger partial charge in [-0.1, -0.05) is 25.1 Å². The van der Waals surface area contributed by atoms with Crippen LogP contribution >= 0.6 is 0 Å². The average molecular weight is 294 g/mol. The number of hydrogen-bond donors (Lipinski definition) is 1. The van der Waals surface area contributed by atoms with Gasteiger partial charge in [-0.2, -0.15) is 0 Å². The van der Waals surface area contributed by atoms with Crippen LogP contribution in [0, 0.1) is 5.82 Å². The van der Waals surface area contributed by atoms with Crippen molar-refractivity contribution < 1.29 is 13.9 Å². The summed E-state index contributed by atoms with van der Waals surface area (Å²) in [4.78, 5) is 13.9. The molecule has 0 aliphatic carbocycles. The molecule has 1 aliphatic rings. The number of carbonyl (C=O) groups is 1. The molecule has 1 aliphatic heterocycles. The number of ether oxygens (including phenoxy) is 1. The van der Waals surface area contributed by atoms with Gasteiger partial charge in [-0.15, -0.1) is 0 Å². The molecule has 1 aromatic rings. The molecule has 1 amide bonds. The third-order valence-electron chi connectivity index (χ3n) is 3.61. The van der Waals surface area contributed by atoms with Gasteiger partial charge < -0.3 is 9.64 Å². The van der Waals surface area contributed by atoms with Gasteiger partial charge in [-0.05, 0) is 25.8 Å². The Bertz CT molecular complexity index is 481. The number of amides is 1. The number of halogens is 1. The molecule has 0 aromatic heterocycles. The number of benzene rings is 1. The van der Waals surface area contributed by atoms with Gasteiger partial charge in [-0.25, -0.2) is 4.39 Å². The maximum atomic E-state index is 14.0. The van der Waals surface area contributed by atoms with Crippen molar-refractivity contribution in [3.8, 4) is 0 Å². The molecule has 21 heavy (non-hydrogen) atoms. The highest BCUT2D eigenvalue weighted by atomic mass is 19.1. The first kappa shape index (κ1) is 15.9. The third kappa shape index (κ3) is 3.80. The lowest BCUT2D eigenvalue weighted by atomic mass is 10.1. The van der Waals surface area contributed by atoms with Crippen LogP contribution in [0.1, 0.15) is 38.4 Å². The van der Waals surface area contributed by atoms with Gasteiger partial charge in [-0.3, -0.25) is 10.1 Å². The SMILES string of the molecule is CCCOCCCN1C(=O)C(C)NC1c1ccccc1F. The standard InChI is InChI=1S/C16H23FN2O2/c1-3-10-21-11-6-9-19-15(18-12(2)16(19)20)13-7-4-5-8-14(13)17/h4-5,7-8,12,15,18H,3,6,9-11H2,1-2H3. The Morgan fingerprint density at radius 1 is 1.33 bits per heavy atom. The van der Waals surface area contributed by atoms with Crippen molar-refractivity contribution in [3.05, 3.63) is 35.6 Å². The molecule has 0 radical (unpaired) electrons. The van der Waals surface area contributed by atoms with Crippen LogP contribution in [-0.4, -0.2) is 36.6 Å². The highest BCUT2D eigenvalue weighted by Crippen LogP contribution is 2.27. The molecular weight excluding hydrogens is 271 g/mol. The Balaban J connectivity index is 2.02. The third-order valence-corrected chi connectivity index (χ3v) is 3.61. The maximum absolute atomic E-state index is 14.0. The average Bonchev–Trinajstić information content (AvgIpc) is 2.75. The lowest BCUT2D eigenvalue weighted by Gasteiger charge is -2.24. The van der Waals surface area contributed by atoms with Gasteiger partial charge in [0.15, 0.2) is 0 Å². The lowest BCUT2D eigenvalue weighted by Crippen LogP contribution is -2.32. The zero-order valence-corrected chi connectivity index (χ0v) is 12.6. The molecule has 0 saturated carbocycles. The minimum Gasteiger partial charge on any atom is -0.381 e. The molecule has 2 rings (SSSR count). The molecule has 1 saturated heterocycles. The van der Waals surface area contributed by atoms with E-state index in [1.165, 1.54) is 6.07 Å². The van der Waals surface area contributed by atoms with E-state index in [9.17, 15) is 9.18 Å². The summed E-state index contributed by atoms with van der Waals surface area (Å²) in [5.74, 6) is -0.275. The smallest absolute Gasteiger partial charge is 0.241 e. The molecule has 1 aromatic carbocycles. The van der Waals surface area contributed by atoms with E-state index in [1.54, 1.807) is 23.1 Å². The first-order chi connectivity index (χ1) is 10.1. The van der Waals surface area contributed by atoms with Crippen molar-refractivity contribution >= 4 is 5.91 Å². The zero-order chi connectivity index (χ0) is 15.2. The van der Waals surface area contributed by atoms with Crippen molar-refractivity contribution in [1.82, 2.24) is 10.2 Å². The van der Waals surface area contributed by atoms with Gasteiger partial charge >= 0.3 is 0 Å². The summed E-state index contributed by atoms with van der Waals surface area (Å²) in [6.07, 6.45) is 1.35. The number of rotatable bonds is 7. The summed E-state index contributed by atoms with van der Waals surface area (Å²) in [7, 11) is 0. The Morgan fingerprint density at radius 2 is 2.10 bits per heavy atom. The zero-order valence-electron chi connectivity index (χ0n) is 12.6. The fourth-order valence-corrected chi connectivity index (χ4v) is 2.55. The van der Waals surface area contributed by atoms with Crippen LogP contribution in [0.2, 0.25) is 0 Å². The molecule has 0 bridgehead atoms. The molecular formula is C16H23FN2O2. The first-order valence-electron chi connectivity index (χ1n) is 7.53. The van der Waals surface area contributed by atoms with E-state index >= 15 is 0 Å². The molecule has 1 heterocycles. The highest BCUT2D eigenvalue weighted by molar-refractivity contribution is 5.84. The minimum atomic E-state index is -0.389. The Kier molecular flexibility index (Phi) is 5.70. The van der Waals surface area contributed by atoms with Crippen molar-refractivity contribution in [3.63, 3.8) is 0 Å². The van der Waals surface area contributed by atoms with Crippen molar-refractivity contribution in [2.24, 2.45) is 0 Å². The fourth-order valence-electron chi connectivity index (χ4n) is 2.55. The number of nitrogens with one attached hydrogen (secondary N) is 1. The number of carbonyl (C=O) groups excluding carboxylic acids is 1. The molecule has 116 valence electrons. The van der Waals surface area contributed by atoms with Crippen LogP contribution in [-0.2, 0) is 9.53 Å². The molecule has 1 fully saturated rings. The summed E-state index contributed by atoms with van der Waals surface area (Å²) in [5, 5.41) is 3.16. The molecule has 0 spiro atoms. The van der Waals surface area contributed by atoms with Crippen molar-refractivity contribution in [2.45, 2.75) is 38.9 Å². The van der Waals surface area contributed by atoms with E-state index < -0.39 is 0 Å². The largest absolute Gasteiger partial charge is 0.381 e. The predicted molar refractivity (Wildman–Crippen MR) is 79.2 cm³/mol. The van der Waals surface area contributed by atoms with E-state index in [1.807, 2.05) is 6.92 Å². The minimum absolute atomic E-state index is 0.0127. The second-order valence-electron chi connectivity index (χ2n) is 5.31. The molecule has 2 atom stereocenters. The fraction of sp³-hybridized carbons (Fsp3) is 0.562. The predicted octanol–water partition coefficient (Wildman–Crippen LogP) is 2.46. The van der Waals surface area contributed by atoms with E-state index in [4.69, 9.17) is 4.74 Å². The Hall–Kier alpha value is -1.46. The topological polar surface area (TPSA) is 41.6 Å². The summed E-state index contributed by atoms with van der Waals surface area (Å²) in [6.45, 7) is 5.79. The van der Waals surface area contributed by atoms with Gasteiger partial charge in [0.1, 0.15) is 12.0 Å². The lowest BCUT2D eigenvalue weighted by molar-refractivity contribution is -0.130. The Labute approximate surface area is 125 Å². The van der Waals surface area contributed by atoms with Crippen LogP contribution in [0.25, 0.3) is 0 Å². The maximum Gasteiger partial charge on any atom is 0.241 e. The molecule has 1 N–H and O–H groups in total. The summed E-state index contributed by atoms with van der Waals surface area (Å²) in [6, 6.07) is 6.30. The van der Waals surface area contributed by atoms with Crippen molar-refractivity contribution in [1.29, 1.82) is 0 Å². The number of hydrogen-bond acceptors (Lipinski definition) is 3. The van der Waals surface area contributed by atoms with Crippen LogP contribution in [0.15, 0.2) is 24.3 Å². The number of nitrogens with zero attached hydrogens (tertiary/aromatic N) is 1. The molecule has 4 nitrogen and oxygen atoms in total. The quantitative estimate of drug-likeness (QED) is 0.785. The van der Waals surface area contributed by atoms with Gasteiger partial charge in [0.2, 0.25) is 5.91 Å². The molecule has 2 unspecified atom stereocenters. The summed E-state index contributed by atoms with van der Waals surface area (Å²) >= 11 is 0. The highest BCUT2D eigenvalue weighted by Gasteiger charge is 2.37. The normalized spacial score (nSPS) is 22.0. The Morgan fingerprint density at radius 3 is 2.81 bits per heavy atom. The van der Waals surface area contributed by atoms with Gasteiger partial charge in [0.05, 0.1) is 6.04 Å². The van der Waals surface area contributed by atoms with Crippen LogP contribution in [0.5, 0.6) is 0 Å². The van der Waals surface area contributed by atoms with Crippen LogP contribution in [0.4, 0.5) is 4.39 Å². The summed E-state index contributed by atoms with van der Waals surface area (Å²) in [5.41, 5.74) is 0.518. The van der Waals surface area contributed by atoms with E-state index in [0.29, 0.717) is 18.7 Å². The van der Waals surface area contributed by atoms with E-state index in [-0.39, 0.29) is 23.9 Å². The monoisotopic (exact) mass is 294 g/mol. The van der Waals surface area contributed by atoms with Crippen LogP contribution < -0.4 is 5.32 Å². The van der Waals surface area contributed by atoms with Gasteiger partial charge in [0, 0.05) is 25.3 Å². The van der Waals surface area contributed by atoms with E-state index in [0.717, 1.165) is 19.4 Å². The second-order valence-corrected chi connectivity index (χ2v) is 5.31. The van der Waals surface area contributed by atoms with Crippen molar-refractivity contribution in [2.75, 3.05) is 19.8 Å². The summed E-state index contributed by atoms with van der Waals surface area (Å²) < 4.78 is 19.4. The van der Waals surface area contributed by atoms with E-state index in [2.05, 4.69) is 12.2 Å². The van der Waals surface area contributed by atoms with Gasteiger partial charge in [0.25, 0.3) is 0 Å². The first-order valence-corrected chi connectivity index (χ1v) is 7.53. The van der Waals surface area contributed by atoms with Crippen LogP contribution in [0.3, 0.4) is 0 Å².